The van der Waals surface area contributed by atoms with Gasteiger partial charge in [0.05, 0.1) is 7.11 Å². The maximum atomic E-state index is 13.8. The van der Waals surface area contributed by atoms with Crippen LogP contribution in [0.15, 0.2) is 42.5 Å². The van der Waals surface area contributed by atoms with E-state index in [1.54, 1.807) is 0 Å². The van der Waals surface area contributed by atoms with Crippen molar-refractivity contribution in [2.45, 2.75) is 6.61 Å². The summed E-state index contributed by atoms with van der Waals surface area (Å²) in [5.74, 6) is -0.524. The van der Waals surface area contributed by atoms with Gasteiger partial charge in [0, 0.05) is 11.5 Å². The normalized spacial score (nSPS) is 10.2. The smallest absolute Gasteiger partial charge is 0.492 e. The van der Waals surface area contributed by atoms with E-state index in [-0.39, 0.29) is 23.6 Å². The van der Waals surface area contributed by atoms with Crippen molar-refractivity contribution in [2.75, 3.05) is 7.11 Å². The molecule has 0 saturated heterocycles. The van der Waals surface area contributed by atoms with Crippen molar-refractivity contribution in [1.29, 1.82) is 0 Å². The molecule has 2 aromatic carbocycles. The van der Waals surface area contributed by atoms with Crippen LogP contribution in [0.2, 0.25) is 0 Å². The van der Waals surface area contributed by atoms with E-state index in [0.717, 1.165) is 11.6 Å². The van der Waals surface area contributed by atoms with Gasteiger partial charge in [-0.3, -0.25) is 0 Å². The summed E-state index contributed by atoms with van der Waals surface area (Å²) in [7, 11) is -0.442. The minimum absolute atomic E-state index is 0.00453. The lowest BCUT2D eigenvalue weighted by molar-refractivity contribution is 0.288. The number of methoxy groups -OCH3 is 1. The molecule has 0 aliphatic rings. The second-order valence-corrected chi connectivity index (χ2v) is 4.17. The van der Waals surface area contributed by atoms with Gasteiger partial charge in [-0.05, 0) is 11.6 Å². The van der Waals surface area contributed by atoms with Gasteiger partial charge < -0.3 is 19.5 Å². The van der Waals surface area contributed by atoms with E-state index in [2.05, 4.69) is 0 Å². The molecule has 2 aromatic rings. The van der Waals surface area contributed by atoms with Crippen LogP contribution in [0.3, 0.4) is 0 Å². The summed E-state index contributed by atoms with van der Waals surface area (Å²) < 4.78 is 24.2. The van der Waals surface area contributed by atoms with Gasteiger partial charge in [-0.15, -0.1) is 0 Å². The van der Waals surface area contributed by atoms with E-state index >= 15 is 0 Å². The molecule has 2 N–H and O–H groups in total. The van der Waals surface area contributed by atoms with Crippen molar-refractivity contribution in [3.63, 3.8) is 0 Å². The second-order valence-electron chi connectivity index (χ2n) is 4.17. The van der Waals surface area contributed by atoms with Gasteiger partial charge in [-0.1, -0.05) is 30.3 Å². The average molecular weight is 276 g/mol. The second kappa shape index (κ2) is 6.41. The highest BCUT2D eigenvalue weighted by atomic mass is 19.1. The number of rotatable bonds is 5. The Labute approximate surface area is 116 Å². The lowest BCUT2D eigenvalue weighted by Crippen LogP contribution is -2.31. The minimum atomic E-state index is -1.80. The molecule has 0 saturated carbocycles. The molecule has 0 unspecified atom stereocenters. The highest BCUT2D eigenvalue weighted by Gasteiger charge is 2.20. The van der Waals surface area contributed by atoms with Crippen molar-refractivity contribution in [1.82, 2.24) is 0 Å². The van der Waals surface area contributed by atoms with E-state index in [1.165, 1.54) is 13.2 Å². The highest BCUT2D eigenvalue weighted by molar-refractivity contribution is 6.59. The Hall–Kier alpha value is -2.05. The molecule has 0 amide bonds. The van der Waals surface area contributed by atoms with E-state index in [9.17, 15) is 4.39 Å². The molecule has 0 bridgehead atoms. The Morgan fingerprint density at radius 1 is 1.10 bits per heavy atom. The molecule has 0 spiro atoms. The van der Waals surface area contributed by atoms with Crippen LogP contribution in [0.1, 0.15) is 5.56 Å². The van der Waals surface area contributed by atoms with Crippen LogP contribution in [0.25, 0.3) is 0 Å². The summed E-state index contributed by atoms with van der Waals surface area (Å²) in [4.78, 5) is 0. The summed E-state index contributed by atoms with van der Waals surface area (Å²) in [6.07, 6.45) is 0. The predicted octanol–water partition coefficient (Wildman–Crippen LogP) is 1.09. The van der Waals surface area contributed by atoms with Crippen molar-refractivity contribution in [3.8, 4) is 11.5 Å². The van der Waals surface area contributed by atoms with Gasteiger partial charge in [0.1, 0.15) is 12.4 Å². The summed E-state index contributed by atoms with van der Waals surface area (Å²) in [5, 5.41) is 18.3. The first-order chi connectivity index (χ1) is 9.61. The standard InChI is InChI=1S/C14H14BFO4/c1-19-13-8-14(12(16)7-11(13)15(17)18)20-9-10-5-3-2-4-6-10/h2-8,17-18H,9H2,1H3. The van der Waals surface area contributed by atoms with Crippen LogP contribution in [0, 0.1) is 5.82 Å². The third kappa shape index (κ3) is 3.29. The fraction of sp³-hybridized carbons (Fsp3) is 0.143. The van der Waals surface area contributed by atoms with Crippen molar-refractivity contribution in [3.05, 3.63) is 53.8 Å². The minimum Gasteiger partial charge on any atom is -0.497 e. The molecular formula is C14H14BFO4. The maximum Gasteiger partial charge on any atom is 0.492 e. The van der Waals surface area contributed by atoms with Crippen LogP contribution >= 0.6 is 0 Å². The van der Waals surface area contributed by atoms with Gasteiger partial charge >= 0.3 is 7.12 Å². The van der Waals surface area contributed by atoms with Crippen LogP contribution < -0.4 is 14.9 Å². The Bertz CT molecular complexity index is 575. The molecule has 0 aliphatic carbocycles. The number of benzene rings is 2. The Kier molecular flexibility index (Phi) is 4.60. The first-order valence-corrected chi connectivity index (χ1v) is 6.02. The number of halogens is 1. The topological polar surface area (TPSA) is 58.9 Å². The summed E-state index contributed by atoms with van der Waals surface area (Å²) in [6, 6.07) is 11.6. The molecule has 20 heavy (non-hydrogen) atoms. The lowest BCUT2D eigenvalue weighted by Gasteiger charge is -2.12. The highest BCUT2D eigenvalue weighted by Crippen LogP contribution is 2.23. The molecule has 0 heterocycles. The molecule has 2 rings (SSSR count). The lowest BCUT2D eigenvalue weighted by atomic mass is 9.79. The number of hydrogen-bond donors (Lipinski definition) is 2. The number of hydrogen-bond acceptors (Lipinski definition) is 4. The first-order valence-electron chi connectivity index (χ1n) is 6.02. The van der Waals surface area contributed by atoms with Crippen LogP contribution in [-0.4, -0.2) is 24.3 Å². The van der Waals surface area contributed by atoms with Gasteiger partial charge in [-0.25, -0.2) is 4.39 Å². The van der Waals surface area contributed by atoms with Crippen molar-refractivity contribution in [2.24, 2.45) is 0 Å². The zero-order chi connectivity index (χ0) is 14.5. The van der Waals surface area contributed by atoms with E-state index < -0.39 is 12.9 Å². The summed E-state index contributed by atoms with van der Waals surface area (Å²) >= 11 is 0. The van der Waals surface area contributed by atoms with Crippen LogP contribution in [0.5, 0.6) is 11.5 Å². The monoisotopic (exact) mass is 276 g/mol. The molecule has 0 radical (unpaired) electrons. The Morgan fingerprint density at radius 3 is 2.40 bits per heavy atom. The van der Waals surface area contributed by atoms with E-state index in [0.29, 0.717) is 0 Å². The van der Waals surface area contributed by atoms with E-state index in [4.69, 9.17) is 19.5 Å². The SMILES string of the molecule is COc1cc(OCc2ccccc2)c(F)cc1B(O)O. The fourth-order valence-electron chi connectivity index (χ4n) is 1.77. The summed E-state index contributed by atoms with van der Waals surface area (Å²) in [6.45, 7) is 0.210. The molecule has 6 heteroatoms. The van der Waals surface area contributed by atoms with Crippen LogP contribution in [-0.2, 0) is 6.61 Å². The quantitative estimate of drug-likeness (QED) is 0.803. The molecule has 0 aliphatic heterocycles. The van der Waals surface area contributed by atoms with E-state index in [1.807, 2.05) is 30.3 Å². The molecule has 0 atom stereocenters. The van der Waals surface area contributed by atoms with Gasteiger partial charge in [0.2, 0.25) is 0 Å². The molecule has 4 nitrogen and oxygen atoms in total. The average Bonchev–Trinajstić information content (AvgIpc) is 2.46. The van der Waals surface area contributed by atoms with Crippen LogP contribution in [0.4, 0.5) is 4.39 Å². The van der Waals surface area contributed by atoms with Crippen molar-refractivity contribution < 1.29 is 23.9 Å². The first kappa shape index (κ1) is 14.4. The third-order valence-electron chi connectivity index (χ3n) is 2.80. The summed E-state index contributed by atoms with van der Waals surface area (Å²) in [5.41, 5.74) is 0.856. The number of ether oxygens (including phenoxy) is 2. The Morgan fingerprint density at radius 2 is 1.80 bits per heavy atom. The van der Waals surface area contributed by atoms with Gasteiger partial charge in [0.25, 0.3) is 0 Å². The Balaban J connectivity index is 2.20. The fourth-order valence-corrected chi connectivity index (χ4v) is 1.77. The molecule has 104 valence electrons. The zero-order valence-corrected chi connectivity index (χ0v) is 10.9. The molecule has 0 fully saturated rings. The van der Waals surface area contributed by atoms with Crippen molar-refractivity contribution >= 4 is 12.6 Å². The molecule has 0 aromatic heterocycles. The van der Waals surface area contributed by atoms with Gasteiger partial charge in [0.15, 0.2) is 11.6 Å². The molecular weight excluding hydrogens is 262 g/mol. The predicted molar refractivity (Wildman–Crippen MR) is 73.6 cm³/mol. The zero-order valence-electron chi connectivity index (χ0n) is 10.9. The third-order valence-corrected chi connectivity index (χ3v) is 2.80. The largest absolute Gasteiger partial charge is 0.497 e. The maximum absolute atomic E-state index is 13.8. The van der Waals surface area contributed by atoms with Gasteiger partial charge in [-0.2, -0.15) is 0 Å².